The molecule has 0 atom stereocenters. The second kappa shape index (κ2) is 7.31. The highest BCUT2D eigenvalue weighted by atomic mass is 19.1. The van der Waals surface area contributed by atoms with Crippen LogP contribution in [0.5, 0.6) is 0 Å². The van der Waals surface area contributed by atoms with E-state index in [1.54, 1.807) is 6.20 Å². The second-order valence-corrected chi connectivity index (χ2v) is 5.89. The topological polar surface area (TPSA) is 74.8 Å². The fourth-order valence-electron chi connectivity index (χ4n) is 2.58. The molecule has 25 heavy (non-hydrogen) atoms. The number of aryl methyl sites for hydroxylation is 1. The Labute approximate surface area is 144 Å². The fourth-order valence-corrected chi connectivity index (χ4v) is 2.58. The number of halogens is 1. The van der Waals surface area contributed by atoms with E-state index >= 15 is 0 Å². The molecule has 7 heteroatoms. The number of H-pyrrole nitrogens is 1. The van der Waals surface area contributed by atoms with Gasteiger partial charge in [0.2, 0.25) is 5.82 Å². The molecule has 3 rings (SSSR count). The zero-order valence-corrected chi connectivity index (χ0v) is 14.0. The lowest BCUT2D eigenvalue weighted by molar-refractivity contribution is 0.315. The summed E-state index contributed by atoms with van der Waals surface area (Å²) in [5, 5.41) is 0. The predicted molar refractivity (Wildman–Crippen MR) is 92.2 cm³/mol. The van der Waals surface area contributed by atoms with E-state index in [4.69, 9.17) is 0 Å². The number of nitrogens with one attached hydrogen (secondary N) is 1. The molecule has 0 aliphatic heterocycles. The second-order valence-electron chi connectivity index (χ2n) is 5.89. The molecule has 0 radical (unpaired) electrons. The third-order valence-corrected chi connectivity index (χ3v) is 3.76. The SMILES string of the molecule is Cc1nc(-c2cccc(CN(C)Cc3ccncn3)c2)[nH]c(=O)c1F. The van der Waals surface area contributed by atoms with Crippen molar-refractivity contribution in [3.8, 4) is 11.4 Å². The van der Waals surface area contributed by atoms with Gasteiger partial charge in [0.1, 0.15) is 12.2 Å². The maximum absolute atomic E-state index is 13.5. The molecule has 6 nitrogen and oxygen atoms in total. The van der Waals surface area contributed by atoms with Gasteiger partial charge in [0.15, 0.2) is 0 Å². The molecule has 0 saturated carbocycles. The lowest BCUT2D eigenvalue weighted by Gasteiger charge is -2.16. The molecule has 3 aromatic rings. The van der Waals surface area contributed by atoms with E-state index < -0.39 is 11.4 Å². The molecule has 1 aromatic carbocycles. The molecule has 128 valence electrons. The van der Waals surface area contributed by atoms with Crippen molar-refractivity contribution >= 4 is 0 Å². The fraction of sp³-hybridized carbons (Fsp3) is 0.222. The summed E-state index contributed by atoms with van der Waals surface area (Å²) in [7, 11) is 2.00. The summed E-state index contributed by atoms with van der Waals surface area (Å²) in [5.41, 5.74) is 2.07. The first-order chi connectivity index (χ1) is 12.0. The van der Waals surface area contributed by atoms with Gasteiger partial charge >= 0.3 is 0 Å². The van der Waals surface area contributed by atoms with Gasteiger partial charge in [-0.25, -0.2) is 15.0 Å². The van der Waals surface area contributed by atoms with Crippen LogP contribution >= 0.6 is 0 Å². The molecule has 2 aromatic heterocycles. The number of aromatic amines is 1. The van der Waals surface area contributed by atoms with Crippen molar-refractivity contribution in [3.05, 3.63) is 76.0 Å². The Morgan fingerprint density at radius 3 is 2.80 bits per heavy atom. The maximum atomic E-state index is 13.5. The van der Waals surface area contributed by atoms with Crippen LogP contribution in [0.2, 0.25) is 0 Å². The first-order valence-electron chi connectivity index (χ1n) is 7.82. The van der Waals surface area contributed by atoms with Crippen molar-refractivity contribution in [2.75, 3.05) is 7.05 Å². The van der Waals surface area contributed by atoms with Gasteiger partial charge in [-0.2, -0.15) is 4.39 Å². The lowest BCUT2D eigenvalue weighted by Crippen LogP contribution is -2.18. The molecule has 0 aliphatic carbocycles. The van der Waals surface area contributed by atoms with Crippen molar-refractivity contribution in [2.24, 2.45) is 0 Å². The lowest BCUT2D eigenvalue weighted by atomic mass is 10.1. The minimum absolute atomic E-state index is 0.0880. The van der Waals surface area contributed by atoms with Crippen LogP contribution in [0.15, 0.2) is 47.7 Å². The van der Waals surface area contributed by atoms with Crippen LogP contribution in [-0.4, -0.2) is 31.9 Å². The highest BCUT2D eigenvalue weighted by Gasteiger charge is 2.10. The molecule has 0 fully saturated rings. The normalized spacial score (nSPS) is 11.0. The van der Waals surface area contributed by atoms with Crippen LogP contribution in [0.25, 0.3) is 11.4 Å². The smallest absolute Gasteiger partial charge is 0.287 e. The summed E-state index contributed by atoms with van der Waals surface area (Å²) in [6.07, 6.45) is 3.25. The van der Waals surface area contributed by atoms with Gasteiger partial charge in [-0.15, -0.1) is 0 Å². The average Bonchev–Trinajstić information content (AvgIpc) is 2.60. The van der Waals surface area contributed by atoms with Crippen LogP contribution < -0.4 is 5.56 Å². The van der Waals surface area contributed by atoms with Crippen molar-refractivity contribution in [2.45, 2.75) is 20.0 Å². The van der Waals surface area contributed by atoms with E-state index in [1.807, 2.05) is 37.4 Å². The number of benzene rings is 1. The molecular formula is C18H18FN5O. The highest BCUT2D eigenvalue weighted by Crippen LogP contribution is 2.17. The molecule has 1 N–H and O–H groups in total. The van der Waals surface area contributed by atoms with Crippen molar-refractivity contribution in [1.29, 1.82) is 0 Å². The molecule has 0 amide bonds. The first-order valence-corrected chi connectivity index (χ1v) is 7.82. The predicted octanol–water partition coefficient (Wildman–Crippen LogP) is 2.31. The largest absolute Gasteiger partial charge is 0.304 e. The summed E-state index contributed by atoms with van der Waals surface area (Å²) in [4.78, 5) is 28.5. The van der Waals surface area contributed by atoms with Crippen molar-refractivity contribution in [1.82, 2.24) is 24.8 Å². The van der Waals surface area contributed by atoms with Gasteiger partial charge in [0.05, 0.1) is 11.4 Å². The Kier molecular flexibility index (Phi) is 4.95. The van der Waals surface area contributed by atoms with E-state index in [9.17, 15) is 9.18 Å². The summed E-state index contributed by atoms with van der Waals surface area (Å²) in [5.74, 6) is -0.478. The van der Waals surface area contributed by atoms with Gasteiger partial charge in [0, 0.05) is 24.8 Å². The number of hydrogen-bond acceptors (Lipinski definition) is 5. The molecule has 0 aliphatic rings. The van der Waals surface area contributed by atoms with E-state index in [0.717, 1.165) is 16.8 Å². The van der Waals surface area contributed by atoms with Crippen molar-refractivity contribution < 1.29 is 4.39 Å². The summed E-state index contributed by atoms with van der Waals surface area (Å²) in [6.45, 7) is 2.87. The van der Waals surface area contributed by atoms with Crippen LogP contribution in [0, 0.1) is 12.7 Å². The van der Waals surface area contributed by atoms with Gasteiger partial charge < -0.3 is 4.98 Å². The van der Waals surface area contributed by atoms with Crippen molar-refractivity contribution in [3.63, 3.8) is 0 Å². The van der Waals surface area contributed by atoms with E-state index in [0.29, 0.717) is 18.9 Å². The standard InChI is InChI=1S/C18H18FN5O/c1-12-16(19)18(25)23-17(22-12)14-5-3-4-13(8-14)9-24(2)10-15-6-7-20-11-21-15/h3-8,11H,9-10H2,1-2H3,(H,22,23,25). The molecule has 0 bridgehead atoms. The third kappa shape index (κ3) is 4.13. The number of rotatable bonds is 5. The van der Waals surface area contributed by atoms with Gasteiger partial charge in [0.25, 0.3) is 5.56 Å². The van der Waals surface area contributed by atoms with Crippen LogP contribution in [-0.2, 0) is 13.1 Å². The zero-order chi connectivity index (χ0) is 17.8. The Morgan fingerprint density at radius 1 is 1.24 bits per heavy atom. The van der Waals surface area contributed by atoms with Gasteiger partial charge in [-0.1, -0.05) is 18.2 Å². The average molecular weight is 339 g/mol. The van der Waals surface area contributed by atoms with E-state index in [1.165, 1.54) is 13.3 Å². The van der Waals surface area contributed by atoms with Gasteiger partial charge in [-0.05, 0) is 31.7 Å². The Balaban J connectivity index is 1.79. The minimum atomic E-state index is -0.843. The van der Waals surface area contributed by atoms with Crippen LogP contribution in [0.4, 0.5) is 4.39 Å². The highest BCUT2D eigenvalue weighted by molar-refractivity contribution is 5.56. The quantitative estimate of drug-likeness (QED) is 0.772. The molecular weight excluding hydrogens is 321 g/mol. The Hall–Kier alpha value is -2.93. The maximum Gasteiger partial charge on any atom is 0.287 e. The van der Waals surface area contributed by atoms with E-state index in [-0.39, 0.29) is 5.69 Å². The molecule has 0 spiro atoms. The number of hydrogen-bond donors (Lipinski definition) is 1. The number of nitrogens with zero attached hydrogens (tertiary/aromatic N) is 4. The van der Waals surface area contributed by atoms with Crippen LogP contribution in [0.3, 0.4) is 0 Å². The third-order valence-electron chi connectivity index (χ3n) is 3.76. The van der Waals surface area contributed by atoms with E-state index in [2.05, 4.69) is 24.8 Å². The molecule has 0 unspecified atom stereocenters. The Bertz CT molecular complexity index is 926. The monoisotopic (exact) mass is 339 g/mol. The minimum Gasteiger partial charge on any atom is -0.304 e. The number of aromatic nitrogens is 4. The zero-order valence-electron chi connectivity index (χ0n) is 14.0. The Morgan fingerprint density at radius 2 is 2.08 bits per heavy atom. The van der Waals surface area contributed by atoms with Gasteiger partial charge in [-0.3, -0.25) is 9.69 Å². The molecule has 0 saturated heterocycles. The summed E-state index contributed by atoms with van der Waals surface area (Å²) < 4.78 is 13.5. The molecule has 2 heterocycles. The first kappa shape index (κ1) is 16.9. The van der Waals surface area contributed by atoms with Crippen LogP contribution in [0.1, 0.15) is 17.0 Å². The summed E-state index contributed by atoms with van der Waals surface area (Å²) >= 11 is 0. The summed E-state index contributed by atoms with van der Waals surface area (Å²) in [6, 6.07) is 9.54.